The molecule has 0 fully saturated rings. The van der Waals surface area contributed by atoms with E-state index in [-0.39, 0.29) is 12.0 Å². The van der Waals surface area contributed by atoms with E-state index in [1.54, 1.807) is 37.4 Å². The van der Waals surface area contributed by atoms with E-state index in [0.717, 1.165) is 5.56 Å². The molecule has 0 aliphatic carbocycles. The van der Waals surface area contributed by atoms with Crippen LogP contribution in [0.3, 0.4) is 0 Å². The SMILES string of the molecule is CC(C)Oc1ncccc1CNC(=O)C(C)Oc1ccc(Cl)c(Cl)c1. The number of carbonyl (C=O) groups is 1. The van der Waals surface area contributed by atoms with Crippen LogP contribution in [0, 0.1) is 0 Å². The minimum atomic E-state index is -0.691. The summed E-state index contributed by atoms with van der Waals surface area (Å²) in [5.41, 5.74) is 0.797. The van der Waals surface area contributed by atoms with E-state index in [4.69, 9.17) is 32.7 Å². The highest BCUT2D eigenvalue weighted by molar-refractivity contribution is 6.42. The van der Waals surface area contributed by atoms with Crippen LogP contribution in [0.5, 0.6) is 11.6 Å². The average molecular weight is 383 g/mol. The van der Waals surface area contributed by atoms with Crippen LogP contribution < -0.4 is 14.8 Å². The van der Waals surface area contributed by atoms with Crippen molar-refractivity contribution in [2.45, 2.75) is 39.5 Å². The molecule has 0 aliphatic rings. The van der Waals surface area contributed by atoms with Gasteiger partial charge in [-0.1, -0.05) is 29.3 Å². The predicted molar refractivity (Wildman–Crippen MR) is 98.4 cm³/mol. The van der Waals surface area contributed by atoms with Gasteiger partial charge >= 0.3 is 0 Å². The Balaban J connectivity index is 1.94. The molecule has 0 spiro atoms. The fourth-order valence-electron chi connectivity index (χ4n) is 2.02. The summed E-state index contributed by atoms with van der Waals surface area (Å²) in [5, 5.41) is 3.62. The molecule has 0 aliphatic heterocycles. The molecule has 1 atom stereocenters. The Hall–Kier alpha value is -1.98. The number of nitrogens with zero attached hydrogens (tertiary/aromatic N) is 1. The van der Waals surface area contributed by atoms with Crippen LogP contribution >= 0.6 is 23.2 Å². The first-order chi connectivity index (χ1) is 11.9. The van der Waals surface area contributed by atoms with Crippen LogP contribution in [0.25, 0.3) is 0 Å². The van der Waals surface area contributed by atoms with Crippen LogP contribution in [0.2, 0.25) is 10.0 Å². The quantitative estimate of drug-likeness (QED) is 0.776. The Morgan fingerprint density at radius 2 is 1.92 bits per heavy atom. The zero-order valence-corrected chi connectivity index (χ0v) is 15.8. The van der Waals surface area contributed by atoms with Crippen LogP contribution in [-0.2, 0) is 11.3 Å². The third-order valence-corrected chi connectivity index (χ3v) is 3.96. The third kappa shape index (κ3) is 5.80. The standard InChI is InChI=1S/C18H20Cl2N2O3/c1-11(2)24-18-13(5-4-8-21-18)10-22-17(23)12(3)25-14-6-7-15(19)16(20)9-14/h4-9,11-12H,10H2,1-3H3,(H,22,23). The molecule has 0 bridgehead atoms. The van der Waals surface area contributed by atoms with E-state index in [1.807, 2.05) is 19.9 Å². The van der Waals surface area contributed by atoms with E-state index in [0.29, 0.717) is 28.2 Å². The zero-order chi connectivity index (χ0) is 18.4. The zero-order valence-electron chi connectivity index (χ0n) is 14.3. The molecule has 0 radical (unpaired) electrons. The van der Waals surface area contributed by atoms with E-state index in [1.165, 1.54) is 0 Å². The van der Waals surface area contributed by atoms with Gasteiger partial charge in [-0.05, 0) is 39.0 Å². The van der Waals surface area contributed by atoms with Crippen molar-refractivity contribution in [3.05, 3.63) is 52.1 Å². The molecule has 1 unspecified atom stereocenters. The Labute approximate surface area is 157 Å². The van der Waals surface area contributed by atoms with E-state index in [2.05, 4.69) is 10.3 Å². The van der Waals surface area contributed by atoms with Crippen LogP contribution in [0.4, 0.5) is 0 Å². The van der Waals surface area contributed by atoms with Gasteiger partial charge in [0.15, 0.2) is 6.10 Å². The molecule has 0 saturated carbocycles. The number of amides is 1. The summed E-state index contributed by atoms with van der Waals surface area (Å²) in [6, 6.07) is 8.51. The summed E-state index contributed by atoms with van der Waals surface area (Å²) in [5.74, 6) is 0.725. The van der Waals surface area contributed by atoms with E-state index in [9.17, 15) is 4.79 Å². The van der Waals surface area contributed by atoms with Crippen molar-refractivity contribution in [3.63, 3.8) is 0 Å². The number of halogens is 2. The second-order valence-electron chi connectivity index (χ2n) is 5.69. The van der Waals surface area contributed by atoms with Crippen molar-refractivity contribution < 1.29 is 14.3 Å². The molecule has 1 N–H and O–H groups in total. The minimum absolute atomic E-state index is 0.00117. The highest BCUT2D eigenvalue weighted by atomic mass is 35.5. The van der Waals surface area contributed by atoms with Gasteiger partial charge in [-0.25, -0.2) is 4.98 Å². The lowest BCUT2D eigenvalue weighted by Gasteiger charge is -2.16. The molecule has 2 aromatic rings. The summed E-state index contributed by atoms with van der Waals surface area (Å²) in [6.07, 6.45) is 0.962. The third-order valence-electron chi connectivity index (χ3n) is 3.22. The number of carbonyl (C=O) groups excluding carboxylic acids is 1. The Morgan fingerprint density at radius 3 is 2.60 bits per heavy atom. The molecular formula is C18H20Cl2N2O3. The maximum Gasteiger partial charge on any atom is 0.261 e. The number of benzene rings is 1. The average Bonchev–Trinajstić information content (AvgIpc) is 2.56. The molecule has 5 nitrogen and oxygen atoms in total. The summed E-state index contributed by atoms with van der Waals surface area (Å²) >= 11 is 11.8. The van der Waals surface area contributed by atoms with Crippen LogP contribution in [-0.4, -0.2) is 23.1 Å². The molecular weight excluding hydrogens is 363 g/mol. The topological polar surface area (TPSA) is 60.5 Å². The largest absolute Gasteiger partial charge is 0.481 e. The van der Waals surface area contributed by atoms with Gasteiger partial charge in [0.25, 0.3) is 5.91 Å². The van der Waals surface area contributed by atoms with Gasteiger partial charge in [0.05, 0.1) is 16.1 Å². The number of pyridine rings is 1. The molecule has 1 heterocycles. The molecule has 1 aromatic carbocycles. The van der Waals surface area contributed by atoms with Crippen molar-refractivity contribution in [1.29, 1.82) is 0 Å². The maximum atomic E-state index is 12.2. The first kappa shape index (κ1) is 19.3. The van der Waals surface area contributed by atoms with Crippen LogP contribution in [0.15, 0.2) is 36.5 Å². The molecule has 1 aromatic heterocycles. The fourth-order valence-corrected chi connectivity index (χ4v) is 2.31. The number of nitrogens with one attached hydrogen (secondary N) is 1. The Morgan fingerprint density at radius 1 is 1.16 bits per heavy atom. The minimum Gasteiger partial charge on any atom is -0.481 e. The summed E-state index contributed by atoms with van der Waals surface area (Å²) in [7, 11) is 0. The molecule has 2 rings (SSSR count). The van der Waals surface area contributed by atoms with Crippen molar-refractivity contribution >= 4 is 29.1 Å². The van der Waals surface area contributed by atoms with Gasteiger partial charge < -0.3 is 14.8 Å². The monoisotopic (exact) mass is 382 g/mol. The number of hydrogen-bond acceptors (Lipinski definition) is 4. The summed E-state index contributed by atoms with van der Waals surface area (Å²) in [6.45, 7) is 5.80. The number of aromatic nitrogens is 1. The lowest BCUT2D eigenvalue weighted by molar-refractivity contribution is -0.127. The molecule has 7 heteroatoms. The molecule has 25 heavy (non-hydrogen) atoms. The van der Waals surface area contributed by atoms with Crippen molar-refractivity contribution in [2.24, 2.45) is 0 Å². The van der Waals surface area contributed by atoms with Gasteiger partial charge in [0.1, 0.15) is 5.75 Å². The highest BCUT2D eigenvalue weighted by Crippen LogP contribution is 2.26. The van der Waals surface area contributed by atoms with Crippen molar-refractivity contribution in [1.82, 2.24) is 10.3 Å². The number of ether oxygens (including phenoxy) is 2. The van der Waals surface area contributed by atoms with Crippen molar-refractivity contribution in [2.75, 3.05) is 0 Å². The van der Waals surface area contributed by atoms with Gasteiger partial charge in [-0.15, -0.1) is 0 Å². The van der Waals surface area contributed by atoms with Gasteiger partial charge in [0, 0.05) is 24.4 Å². The smallest absolute Gasteiger partial charge is 0.261 e. The first-order valence-corrected chi connectivity index (χ1v) is 8.62. The lowest BCUT2D eigenvalue weighted by atomic mass is 10.2. The predicted octanol–water partition coefficient (Wildman–Crippen LogP) is 4.26. The van der Waals surface area contributed by atoms with Gasteiger partial charge in [-0.2, -0.15) is 0 Å². The normalized spacial score (nSPS) is 11.9. The number of rotatable bonds is 7. The van der Waals surface area contributed by atoms with Gasteiger partial charge in [-0.3, -0.25) is 4.79 Å². The second-order valence-corrected chi connectivity index (χ2v) is 6.50. The fraction of sp³-hybridized carbons (Fsp3) is 0.333. The maximum absolute atomic E-state index is 12.2. The lowest BCUT2D eigenvalue weighted by Crippen LogP contribution is -2.36. The molecule has 1 amide bonds. The van der Waals surface area contributed by atoms with Crippen molar-refractivity contribution in [3.8, 4) is 11.6 Å². The Kier molecular flexibility index (Phi) is 6.91. The number of hydrogen-bond donors (Lipinski definition) is 1. The molecule has 134 valence electrons. The highest BCUT2D eigenvalue weighted by Gasteiger charge is 2.16. The Bertz CT molecular complexity index is 738. The first-order valence-electron chi connectivity index (χ1n) is 7.86. The van der Waals surface area contributed by atoms with E-state index >= 15 is 0 Å². The molecule has 0 saturated heterocycles. The second kappa shape index (κ2) is 8.92. The summed E-state index contributed by atoms with van der Waals surface area (Å²) in [4.78, 5) is 16.4. The van der Waals surface area contributed by atoms with Crippen LogP contribution in [0.1, 0.15) is 26.3 Å². The van der Waals surface area contributed by atoms with Gasteiger partial charge in [0.2, 0.25) is 5.88 Å². The van der Waals surface area contributed by atoms with E-state index < -0.39 is 6.10 Å². The summed E-state index contributed by atoms with van der Waals surface area (Å²) < 4.78 is 11.2.